The standard InChI is InChI=1S/C11H17NO3/c1-12-11(14)6-10(15-12)9-4-2-8(7-13)3-5-9/h6,8-9,13H,2-5,7H2,1H3. The van der Waals surface area contributed by atoms with Gasteiger partial charge in [-0.1, -0.05) is 0 Å². The van der Waals surface area contributed by atoms with Crippen LogP contribution in [0.1, 0.15) is 37.4 Å². The van der Waals surface area contributed by atoms with Crippen molar-refractivity contribution in [3.63, 3.8) is 0 Å². The van der Waals surface area contributed by atoms with E-state index in [1.807, 2.05) is 0 Å². The third kappa shape index (κ3) is 2.15. The van der Waals surface area contributed by atoms with Crippen molar-refractivity contribution < 1.29 is 9.63 Å². The minimum atomic E-state index is -0.0747. The lowest BCUT2D eigenvalue weighted by atomic mass is 9.81. The molecule has 1 fully saturated rings. The summed E-state index contributed by atoms with van der Waals surface area (Å²) in [4.78, 5) is 11.2. The quantitative estimate of drug-likeness (QED) is 0.800. The van der Waals surface area contributed by atoms with Crippen LogP contribution in [-0.2, 0) is 7.05 Å². The van der Waals surface area contributed by atoms with E-state index in [9.17, 15) is 4.79 Å². The second-order valence-electron chi connectivity index (χ2n) is 4.37. The highest BCUT2D eigenvalue weighted by Crippen LogP contribution is 2.34. The summed E-state index contributed by atoms with van der Waals surface area (Å²) in [5, 5.41) is 9.02. The van der Waals surface area contributed by atoms with E-state index in [-0.39, 0.29) is 12.2 Å². The molecule has 0 saturated heterocycles. The fourth-order valence-electron chi connectivity index (χ4n) is 2.26. The number of hydrogen-bond acceptors (Lipinski definition) is 3. The number of nitrogens with zero attached hydrogens (tertiary/aromatic N) is 1. The Labute approximate surface area is 88.5 Å². The van der Waals surface area contributed by atoms with E-state index >= 15 is 0 Å². The normalized spacial score (nSPS) is 26.8. The van der Waals surface area contributed by atoms with Crippen molar-refractivity contribution in [3.05, 3.63) is 22.2 Å². The zero-order valence-electron chi connectivity index (χ0n) is 8.98. The third-order valence-electron chi connectivity index (χ3n) is 3.33. The van der Waals surface area contributed by atoms with Crippen LogP contribution in [0.5, 0.6) is 0 Å². The van der Waals surface area contributed by atoms with Crippen LogP contribution in [0.15, 0.2) is 15.4 Å². The Balaban J connectivity index is 2.04. The van der Waals surface area contributed by atoms with Crippen molar-refractivity contribution in [2.75, 3.05) is 6.61 Å². The molecule has 4 nitrogen and oxygen atoms in total. The van der Waals surface area contributed by atoms with Crippen molar-refractivity contribution in [1.82, 2.24) is 4.74 Å². The van der Waals surface area contributed by atoms with E-state index in [0.717, 1.165) is 31.4 Å². The van der Waals surface area contributed by atoms with E-state index in [4.69, 9.17) is 9.63 Å². The summed E-state index contributed by atoms with van der Waals surface area (Å²) in [6.07, 6.45) is 4.08. The van der Waals surface area contributed by atoms with Gasteiger partial charge in [-0.2, -0.15) is 4.74 Å². The third-order valence-corrected chi connectivity index (χ3v) is 3.33. The maximum atomic E-state index is 11.2. The second kappa shape index (κ2) is 4.23. The number of hydrogen-bond donors (Lipinski definition) is 1. The van der Waals surface area contributed by atoms with Crippen LogP contribution in [-0.4, -0.2) is 16.5 Å². The van der Waals surface area contributed by atoms with E-state index in [2.05, 4.69) is 0 Å². The molecule has 2 rings (SSSR count). The summed E-state index contributed by atoms with van der Waals surface area (Å²) in [6.45, 7) is 0.283. The molecule has 0 atom stereocenters. The summed E-state index contributed by atoms with van der Waals surface area (Å²) in [5.74, 6) is 1.61. The molecule has 1 heterocycles. The predicted molar refractivity (Wildman–Crippen MR) is 55.7 cm³/mol. The molecule has 1 aliphatic rings. The van der Waals surface area contributed by atoms with Crippen LogP contribution in [0.2, 0.25) is 0 Å². The number of aryl methyl sites for hydroxylation is 1. The number of aromatic nitrogens is 1. The summed E-state index contributed by atoms with van der Waals surface area (Å²) in [5.41, 5.74) is -0.0747. The lowest BCUT2D eigenvalue weighted by Gasteiger charge is -2.25. The number of rotatable bonds is 2. The van der Waals surface area contributed by atoms with Gasteiger partial charge in [0, 0.05) is 25.6 Å². The average molecular weight is 211 g/mol. The molecule has 0 spiro atoms. The first-order chi connectivity index (χ1) is 7.20. The molecule has 1 N–H and O–H groups in total. The van der Waals surface area contributed by atoms with Crippen LogP contribution < -0.4 is 5.56 Å². The van der Waals surface area contributed by atoms with Gasteiger partial charge in [0.25, 0.3) is 5.56 Å². The molecule has 1 aliphatic carbocycles. The maximum absolute atomic E-state index is 11.2. The molecule has 0 amide bonds. The number of aliphatic hydroxyl groups is 1. The molecular weight excluding hydrogens is 194 g/mol. The minimum Gasteiger partial charge on any atom is -0.396 e. The largest absolute Gasteiger partial charge is 0.396 e. The second-order valence-corrected chi connectivity index (χ2v) is 4.37. The van der Waals surface area contributed by atoms with Gasteiger partial charge in [0.2, 0.25) is 0 Å². The molecule has 0 aromatic carbocycles. The van der Waals surface area contributed by atoms with E-state index < -0.39 is 0 Å². The Hall–Kier alpha value is -1.03. The van der Waals surface area contributed by atoms with Crippen LogP contribution in [0.3, 0.4) is 0 Å². The molecule has 15 heavy (non-hydrogen) atoms. The Kier molecular flexibility index (Phi) is 2.95. The summed E-state index contributed by atoms with van der Waals surface area (Å²) < 4.78 is 6.64. The van der Waals surface area contributed by atoms with Crippen LogP contribution in [0, 0.1) is 5.92 Å². The van der Waals surface area contributed by atoms with Crippen molar-refractivity contribution in [1.29, 1.82) is 0 Å². The Bertz CT molecular complexity index is 371. The van der Waals surface area contributed by atoms with Gasteiger partial charge in [0.1, 0.15) is 5.76 Å². The average Bonchev–Trinajstić information content (AvgIpc) is 2.59. The zero-order valence-corrected chi connectivity index (χ0v) is 8.98. The molecule has 0 radical (unpaired) electrons. The molecule has 0 aliphatic heterocycles. The summed E-state index contributed by atoms with van der Waals surface area (Å²) in [6, 6.07) is 1.59. The Morgan fingerprint density at radius 3 is 2.60 bits per heavy atom. The topological polar surface area (TPSA) is 55.4 Å². The molecule has 0 unspecified atom stereocenters. The molecule has 84 valence electrons. The van der Waals surface area contributed by atoms with Crippen LogP contribution in [0.25, 0.3) is 0 Å². The molecular formula is C11H17NO3. The van der Waals surface area contributed by atoms with Gasteiger partial charge in [0.15, 0.2) is 0 Å². The van der Waals surface area contributed by atoms with E-state index in [1.165, 1.54) is 4.74 Å². The summed E-state index contributed by atoms with van der Waals surface area (Å²) >= 11 is 0. The van der Waals surface area contributed by atoms with Crippen molar-refractivity contribution in [2.24, 2.45) is 13.0 Å². The van der Waals surface area contributed by atoms with Gasteiger partial charge in [-0.25, -0.2) is 0 Å². The highest BCUT2D eigenvalue weighted by atomic mass is 16.5. The Morgan fingerprint density at radius 2 is 2.13 bits per heavy atom. The molecule has 1 aromatic heterocycles. The smallest absolute Gasteiger partial charge is 0.282 e. The van der Waals surface area contributed by atoms with Crippen LogP contribution >= 0.6 is 0 Å². The lowest BCUT2D eigenvalue weighted by Crippen LogP contribution is -2.15. The molecule has 1 aromatic rings. The molecule has 1 saturated carbocycles. The van der Waals surface area contributed by atoms with Crippen molar-refractivity contribution in [2.45, 2.75) is 31.6 Å². The first kappa shape index (κ1) is 10.5. The van der Waals surface area contributed by atoms with Crippen molar-refractivity contribution >= 4 is 0 Å². The van der Waals surface area contributed by atoms with E-state index in [0.29, 0.717) is 11.8 Å². The van der Waals surface area contributed by atoms with Gasteiger partial charge in [-0.3, -0.25) is 4.79 Å². The van der Waals surface area contributed by atoms with Gasteiger partial charge >= 0.3 is 0 Å². The van der Waals surface area contributed by atoms with Gasteiger partial charge in [-0.15, -0.1) is 0 Å². The van der Waals surface area contributed by atoms with Gasteiger partial charge in [-0.05, 0) is 31.6 Å². The first-order valence-corrected chi connectivity index (χ1v) is 5.49. The fourth-order valence-corrected chi connectivity index (χ4v) is 2.26. The fraction of sp³-hybridized carbons (Fsp3) is 0.727. The first-order valence-electron chi connectivity index (χ1n) is 5.49. The lowest BCUT2D eigenvalue weighted by molar-refractivity contribution is 0.170. The van der Waals surface area contributed by atoms with Crippen LogP contribution in [0.4, 0.5) is 0 Å². The Morgan fingerprint density at radius 1 is 1.47 bits per heavy atom. The van der Waals surface area contributed by atoms with Gasteiger partial charge < -0.3 is 9.63 Å². The van der Waals surface area contributed by atoms with Crippen molar-refractivity contribution in [3.8, 4) is 0 Å². The number of aliphatic hydroxyl groups excluding tert-OH is 1. The highest BCUT2D eigenvalue weighted by molar-refractivity contribution is 5.04. The maximum Gasteiger partial charge on any atom is 0.282 e. The monoisotopic (exact) mass is 211 g/mol. The zero-order chi connectivity index (χ0) is 10.8. The minimum absolute atomic E-state index is 0.0747. The molecule has 4 heteroatoms. The SMILES string of the molecule is Cn1oc(C2CCC(CO)CC2)cc1=O. The predicted octanol–water partition coefficient (Wildman–Crippen LogP) is 1.24. The summed E-state index contributed by atoms with van der Waals surface area (Å²) in [7, 11) is 1.63. The highest BCUT2D eigenvalue weighted by Gasteiger charge is 2.24. The molecule has 0 bridgehead atoms. The van der Waals surface area contributed by atoms with E-state index in [1.54, 1.807) is 13.1 Å². The van der Waals surface area contributed by atoms with Gasteiger partial charge in [0.05, 0.1) is 0 Å².